The molecule has 0 aromatic heterocycles. The maximum absolute atomic E-state index is 5.15. The molecular weight excluding hydrogens is 162 g/mol. The van der Waals surface area contributed by atoms with Gasteiger partial charge in [-0.25, -0.2) is 0 Å². The molecule has 1 rings (SSSR count). The molecule has 78 valence electrons. The van der Waals surface area contributed by atoms with E-state index in [1.165, 1.54) is 25.8 Å². The quantitative estimate of drug-likeness (QED) is 0.656. The molecule has 1 saturated carbocycles. The van der Waals surface area contributed by atoms with E-state index in [9.17, 15) is 0 Å². The largest absolute Gasteiger partial charge is 0.383 e. The highest BCUT2D eigenvalue weighted by Crippen LogP contribution is 2.47. The molecule has 0 saturated heterocycles. The van der Waals surface area contributed by atoms with Crippen LogP contribution in [0.15, 0.2) is 0 Å². The number of methoxy groups -OCH3 is 1. The Labute approximate surface area is 82.0 Å². The lowest BCUT2D eigenvalue weighted by atomic mass is 10.0. The Kier molecular flexibility index (Phi) is 4.20. The van der Waals surface area contributed by atoms with Gasteiger partial charge in [0.15, 0.2) is 0 Å². The lowest BCUT2D eigenvalue weighted by molar-refractivity contribution is 0.160. The zero-order chi connectivity index (χ0) is 9.73. The minimum atomic E-state index is 0.550. The first-order valence-electron chi connectivity index (χ1n) is 5.48. The van der Waals surface area contributed by atoms with Crippen LogP contribution in [0, 0.1) is 5.41 Å². The summed E-state index contributed by atoms with van der Waals surface area (Å²) in [6.07, 6.45) is 5.32. The predicted molar refractivity (Wildman–Crippen MR) is 55.9 cm³/mol. The van der Waals surface area contributed by atoms with Crippen LogP contribution in [0.1, 0.15) is 39.5 Å². The molecule has 0 aliphatic heterocycles. The lowest BCUT2D eigenvalue weighted by Crippen LogP contribution is -2.36. The van der Waals surface area contributed by atoms with Gasteiger partial charge in [0.1, 0.15) is 0 Å². The Morgan fingerprint density at radius 1 is 1.38 bits per heavy atom. The fraction of sp³-hybridized carbons (Fsp3) is 1.00. The smallest absolute Gasteiger partial charge is 0.0615 e. The molecule has 1 atom stereocenters. The van der Waals surface area contributed by atoms with Crippen LogP contribution in [-0.2, 0) is 4.74 Å². The molecular formula is C11H23NO. The molecule has 1 fully saturated rings. The number of rotatable bonds is 7. The summed E-state index contributed by atoms with van der Waals surface area (Å²) in [5, 5.41) is 3.60. The van der Waals surface area contributed by atoms with E-state index in [-0.39, 0.29) is 0 Å². The zero-order valence-corrected chi connectivity index (χ0v) is 9.23. The average Bonchev–Trinajstić information content (AvgIpc) is 2.93. The zero-order valence-electron chi connectivity index (χ0n) is 9.23. The van der Waals surface area contributed by atoms with E-state index in [1.807, 2.05) is 0 Å². The summed E-state index contributed by atoms with van der Waals surface area (Å²) in [5.74, 6) is 0. The molecule has 0 radical (unpaired) electrons. The molecule has 1 N–H and O–H groups in total. The van der Waals surface area contributed by atoms with Crippen molar-refractivity contribution in [2.75, 3.05) is 20.3 Å². The third kappa shape index (κ3) is 3.28. The van der Waals surface area contributed by atoms with Gasteiger partial charge in [-0.15, -0.1) is 0 Å². The van der Waals surface area contributed by atoms with E-state index in [4.69, 9.17) is 4.74 Å². The van der Waals surface area contributed by atoms with E-state index in [0.717, 1.165) is 13.0 Å². The molecule has 1 aliphatic carbocycles. The highest BCUT2D eigenvalue weighted by atomic mass is 16.5. The van der Waals surface area contributed by atoms with Crippen LogP contribution in [-0.4, -0.2) is 26.3 Å². The Balaban J connectivity index is 2.15. The minimum Gasteiger partial charge on any atom is -0.383 e. The Morgan fingerprint density at radius 3 is 2.46 bits per heavy atom. The van der Waals surface area contributed by atoms with Crippen molar-refractivity contribution in [2.24, 2.45) is 5.41 Å². The lowest BCUT2D eigenvalue weighted by Gasteiger charge is -2.20. The van der Waals surface area contributed by atoms with Crippen LogP contribution in [0.25, 0.3) is 0 Å². The summed E-state index contributed by atoms with van der Waals surface area (Å²) in [4.78, 5) is 0. The average molecular weight is 185 g/mol. The molecule has 1 unspecified atom stereocenters. The van der Waals surface area contributed by atoms with Crippen molar-refractivity contribution in [2.45, 2.75) is 45.6 Å². The second-order valence-electron chi connectivity index (χ2n) is 4.29. The van der Waals surface area contributed by atoms with Crippen LogP contribution in [0.2, 0.25) is 0 Å². The SMILES string of the molecule is CCC(COC)NCC1(CC)CC1. The predicted octanol–water partition coefficient (Wildman–Crippen LogP) is 2.19. The summed E-state index contributed by atoms with van der Waals surface area (Å²) in [7, 11) is 1.77. The van der Waals surface area contributed by atoms with Crippen LogP contribution in [0.5, 0.6) is 0 Å². The minimum absolute atomic E-state index is 0.550. The van der Waals surface area contributed by atoms with Gasteiger partial charge in [-0.3, -0.25) is 0 Å². The summed E-state index contributed by atoms with van der Waals surface area (Å²) in [5.41, 5.74) is 0.654. The number of ether oxygens (including phenoxy) is 1. The second kappa shape index (κ2) is 4.97. The third-order valence-electron chi connectivity index (χ3n) is 3.33. The van der Waals surface area contributed by atoms with Gasteiger partial charge < -0.3 is 10.1 Å². The van der Waals surface area contributed by atoms with Gasteiger partial charge in [-0.05, 0) is 31.1 Å². The molecule has 2 nitrogen and oxygen atoms in total. The molecule has 0 spiro atoms. The highest BCUT2D eigenvalue weighted by molar-refractivity contribution is 4.94. The van der Waals surface area contributed by atoms with Crippen molar-refractivity contribution in [3.8, 4) is 0 Å². The van der Waals surface area contributed by atoms with Crippen molar-refractivity contribution in [3.63, 3.8) is 0 Å². The maximum atomic E-state index is 5.15. The van der Waals surface area contributed by atoms with Gasteiger partial charge >= 0.3 is 0 Å². The van der Waals surface area contributed by atoms with Crippen molar-refractivity contribution >= 4 is 0 Å². The molecule has 2 heteroatoms. The van der Waals surface area contributed by atoms with E-state index >= 15 is 0 Å². The molecule has 0 aromatic rings. The topological polar surface area (TPSA) is 21.3 Å². The third-order valence-corrected chi connectivity index (χ3v) is 3.33. The second-order valence-corrected chi connectivity index (χ2v) is 4.29. The van der Waals surface area contributed by atoms with Crippen molar-refractivity contribution in [3.05, 3.63) is 0 Å². The monoisotopic (exact) mass is 185 g/mol. The summed E-state index contributed by atoms with van der Waals surface area (Å²) in [6, 6.07) is 0.550. The van der Waals surface area contributed by atoms with Gasteiger partial charge in [0, 0.05) is 19.7 Å². The fourth-order valence-corrected chi connectivity index (χ4v) is 1.72. The molecule has 0 aromatic carbocycles. The number of nitrogens with one attached hydrogen (secondary N) is 1. The molecule has 0 amide bonds. The molecule has 0 heterocycles. The van der Waals surface area contributed by atoms with E-state index in [1.54, 1.807) is 7.11 Å². The molecule has 13 heavy (non-hydrogen) atoms. The standard InChI is InChI=1S/C11H23NO/c1-4-10(8-13-3)12-9-11(5-2)6-7-11/h10,12H,4-9H2,1-3H3. The van der Waals surface area contributed by atoms with Crippen LogP contribution >= 0.6 is 0 Å². The number of hydrogen-bond donors (Lipinski definition) is 1. The van der Waals surface area contributed by atoms with Crippen molar-refractivity contribution < 1.29 is 4.74 Å². The normalized spacial score (nSPS) is 21.5. The van der Waals surface area contributed by atoms with Crippen molar-refractivity contribution in [1.82, 2.24) is 5.32 Å². The first-order valence-corrected chi connectivity index (χ1v) is 5.48. The summed E-state index contributed by atoms with van der Waals surface area (Å²) < 4.78 is 5.15. The van der Waals surface area contributed by atoms with Gasteiger partial charge in [0.05, 0.1) is 6.61 Å². The Bertz CT molecular complexity index is 143. The first kappa shape index (κ1) is 11.0. The Morgan fingerprint density at radius 2 is 2.08 bits per heavy atom. The maximum Gasteiger partial charge on any atom is 0.0615 e. The van der Waals surface area contributed by atoms with Crippen LogP contribution in [0.4, 0.5) is 0 Å². The van der Waals surface area contributed by atoms with Crippen LogP contribution < -0.4 is 5.32 Å². The van der Waals surface area contributed by atoms with Gasteiger partial charge in [-0.2, -0.15) is 0 Å². The molecule has 1 aliphatic rings. The van der Waals surface area contributed by atoms with Crippen LogP contribution in [0.3, 0.4) is 0 Å². The van der Waals surface area contributed by atoms with Crippen molar-refractivity contribution in [1.29, 1.82) is 0 Å². The first-order chi connectivity index (χ1) is 6.26. The highest BCUT2D eigenvalue weighted by Gasteiger charge is 2.40. The van der Waals surface area contributed by atoms with Gasteiger partial charge in [0.25, 0.3) is 0 Å². The van der Waals surface area contributed by atoms with E-state index < -0.39 is 0 Å². The number of hydrogen-bond acceptors (Lipinski definition) is 2. The summed E-state index contributed by atoms with van der Waals surface area (Å²) >= 11 is 0. The Hall–Kier alpha value is -0.0800. The molecule has 0 bridgehead atoms. The summed E-state index contributed by atoms with van der Waals surface area (Å²) in [6.45, 7) is 6.54. The van der Waals surface area contributed by atoms with E-state index in [0.29, 0.717) is 11.5 Å². The fourth-order valence-electron chi connectivity index (χ4n) is 1.72. The van der Waals surface area contributed by atoms with Gasteiger partial charge in [-0.1, -0.05) is 13.8 Å². The van der Waals surface area contributed by atoms with E-state index in [2.05, 4.69) is 19.2 Å². The van der Waals surface area contributed by atoms with Gasteiger partial charge in [0.2, 0.25) is 0 Å².